The van der Waals surface area contributed by atoms with Crippen molar-refractivity contribution in [2.75, 3.05) is 7.11 Å². The van der Waals surface area contributed by atoms with Crippen molar-refractivity contribution in [3.63, 3.8) is 0 Å². The molecule has 0 heterocycles. The number of hydrogen-bond donors (Lipinski definition) is 1. The number of rotatable bonds is 3. The van der Waals surface area contributed by atoms with E-state index in [1.165, 1.54) is 7.11 Å². The zero-order valence-electron chi connectivity index (χ0n) is 6.96. The van der Waals surface area contributed by atoms with Gasteiger partial charge in [0.15, 0.2) is 0 Å². The Kier molecular flexibility index (Phi) is 3.57. The highest BCUT2D eigenvalue weighted by molar-refractivity contribution is 5.97. The predicted molar refractivity (Wildman–Crippen MR) is 39.5 cm³/mol. The normalized spacial score (nSPS) is 12.7. The number of carbonyl (C=O) groups excluding carboxylic acids is 2. The number of carbonyl (C=O) groups is 2. The molecule has 0 rings (SSSR count). The van der Waals surface area contributed by atoms with Crippen LogP contribution in [0.1, 0.15) is 13.8 Å². The Hall–Kier alpha value is -1.06. The van der Waals surface area contributed by atoms with Crippen molar-refractivity contribution < 1.29 is 14.3 Å². The smallest absolute Gasteiger partial charge is 0.318 e. The second kappa shape index (κ2) is 3.95. The van der Waals surface area contributed by atoms with Gasteiger partial charge in [0.05, 0.1) is 7.11 Å². The summed E-state index contributed by atoms with van der Waals surface area (Å²) in [5, 5.41) is 0. The lowest BCUT2D eigenvalue weighted by Crippen LogP contribution is -2.34. The van der Waals surface area contributed by atoms with Crippen molar-refractivity contribution in [3.8, 4) is 0 Å². The maximum atomic E-state index is 10.9. The molecule has 0 aliphatic carbocycles. The zero-order chi connectivity index (χ0) is 9.02. The first-order valence-electron chi connectivity index (χ1n) is 3.37. The Morgan fingerprint density at radius 1 is 1.36 bits per heavy atom. The number of esters is 1. The van der Waals surface area contributed by atoms with Crippen LogP contribution in [-0.4, -0.2) is 19.0 Å². The van der Waals surface area contributed by atoms with E-state index in [1.807, 2.05) is 0 Å². The Balaban J connectivity index is 4.34. The minimum absolute atomic E-state index is 0.111. The highest BCUT2D eigenvalue weighted by Gasteiger charge is 2.28. The molecule has 0 radical (unpaired) electrons. The third kappa shape index (κ3) is 2.57. The molecule has 0 spiro atoms. The van der Waals surface area contributed by atoms with Gasteiger partial charge >= 0.3 is 5.97 Å². The van der Waals surface area contributed by atoms with Crippen LogP contribution >= 0.6 is 0 Å². The van der Waals surface area contributed by atoms with Gasteiger partial charge in [-0.3, -0.25) is 9.59 Å². The van der Waals surface area contributed by atoms with Crippen LogP contribution in [0.3, 0.4) is 0 Å². The lowest BCUT2D eigenvalue weighted by Gasteiger charge is -2.13. The second-order valence-electron chi connectivity index (χ2n) is 2.65. The van der Waals surface area contributed by atoms with E-state index in [4.69, 9.17) is 5.73 Å². The van der Waals surface area contributed by atoms with Gasteiger partial charge in [-0.1, -0.05) is 13.8 Å². The predicted octanol–water partition coefficient (Wildman–Crippen LogP) is -0.0831. The fraction of sp³-hybridized carbons (Fsp3) is 0.714. The summed E-state index contributed by atoms with van der Waals surface area (Å²) in [4.78, 5) is 21.5. The van der Waals surface area contributed by atoms with E-state index in [-0.39, 0.29) is 5.92 Å². The van der Waals surface area contributed by atoms with Crippen molar-refractivity contribution in [2.24, 2.45) is 17.6 Å². The average molecular weight is 159 g/mol. The summed E-state index contributed by atoms with van der Waals surface area (Å²) < 4.78 is 4.40. The topological polar surface area (TPSA) is 69.4 Å². The number of amides is 1. The summed E-state index contributed by atoms with van der Waals surface area (Å²) in [6, 6.07) is 0. The fourth-order valence-corrected chi connectivity index (χ4v) is 0.844. The molecule has 1 atom stereocenters. The Morgan fingerprint density at radius 3 is 1.91 bits per heavy atom. The summed E-state index contributed by atoms with van der Waals surface area (Å²) in [6.07, 6.45) is 0. The van der Waals surface area contributed by atoms with Gasteiger partial charge in [-0.25, -0.2) is 0 Å². The van der Waals surface area contributed by atoms with Crippen LogP contribution in [0, 0.1) is 11.8 Å². The summed E-state index contributed by atoms with van der Waals surface area (Å²) in [7, 11) is 1.24. The van der Waals surface area contributed by atoms with Gasteiger partial charge in [0.25, 0.3) is 0 Å². The molecule has 0 saturated heterocycles. The molecule has 1 amide bonds. The maximum Gasteiger partial charge on any atom is 0.318 e. The van der Waals surface area contributed by atoms with E-state index in [1.54, 1.807) is 13.8 Å². The van der Waals surface area contributed by atoms with Crippen LogP contribution in [-0.2, 0) is 14.3 Å². The van der Waals surface area contributed by atoms with Crippen molar-refractivity contribution in [3.05, 3.63) is 0 Å². The van der Waals surface area contributed by atoms with E-state index < -0.39 is 17.8 Å². The highest BCUT2D eigenvalue weighted by atomic mass is 16.5. The third-order valence-corrected chi connectivity index (χ3v) is 1.43. The average Bonchev–Trinajstić information content (AvgIpc) is 1.85. The molecule has 4 heteroatoms. The lowest BCUT2D eigenvalue weighted by molar-refractivity contribution is -0.150. The molecule has 0 fully saturated rings. The molecule has 0 aliphatic heterocycles. The van der Waals surface area contributed by atoms with E-state index in [2.05, 4.69) is 4.74 Å². The summed E-state index contributed by atoms with van der Waals surface area (Å²) in [6.45, 7) is 3.48. The number of primary amides is 1. The molecule has 0 aromatic carbocycles. The van der Waals surface area contributed by atoms with Gasteiger partial charge in [-0.2, -0.15) is 0 Å². The van der Waals surface area contributed by atoms with E-state index in [9.17, 15) is 9.59 Å². The van der Waals surface area contributed by atoms with E-state index in [0.717, 1.165) is 0 Å². The SMILES string of the molecule is COC(=O)[C@H](C(N)=O)C(C)C. The van der Waals surface area contributed by atoms with Crippen LogP contribution < -0.4 is 5.73 Å². The molecule has 0 unspecified atom stereocenters. The monoisotopic (exact) mass is 159 g/mol. The summed E-state index contributed by atoms with van der Waals surface area (Å²) >= 11 is 0. The van der Waals surface area contributed by atoms with Crippen LogP contribution in [0.25, 0.3) is 0 Å². The number of methoxy groups -OCH3 is 1. The fourth-order valence-electron chi connectivity index (χ4n) is 0.844. The van der Waals surface area contributed by atoms with Crippen LogP contribution in [0.4, 0.5) is 0 Å². The van der Waals surface area contributed by atoms with Crippen molar-refractivity contribution >= 4 is 11.9 Å². The molecule has 0 aliphatic rings. The van der Waals surface area contributed by atoms with Gasteiger partial charge in [0, 0.05) is 0 Å². The third-order valence-electron chi connectivity index (χ3n) is 1.43. The van der Waals surface area contributed by atoms with E-state index >= 15 is 0 Å². The first-order valence-corrected chi connectivity index (χ1v) is 3.37. The van der Waals surface area contributed by atoms with Gasteiger partial charge in [0.1, 0.15) is 5.92 Å². The number of ether oxygens (including phenoxy) is 1. The largest absolute Gasteiger partial charge is 0.468 e. The van der Waals surface area contributed by atoms with Crippen LogP contribution in [0.15, 0.2) is 0 Å². The van der Waals surface area contributed by atoms with Gasteiger partial charge < -0.3 is 10.5 Å². The molecule has 0 aromatic heterocycles. The van der Waals surface area contributed by atoms with Crippen LogP contribution in [0.2, 0.25) is 0 Å². The van der Waals surface area contributed by atoms with Gasteiger partial charge in [-0.15, -0.1) is 0 Å². The van der Waals surface area contributed by atoms with Gasteiger partial charge in [-0.05, 0) is 5.92 Å². The molecule has 4 nitrogen and oxygen atoms in total. The molecular formula is C7H13NO3. The first-order chi connectivity index (χ1) is 5.00. The Bertz CT molecular complexity index is 165. The number of nitrogens with two attached hydrogens (primary N) is 1. The molecule has 64 valence electrons. The van der Waals surface area contributed by atoms with Crippen molar-refractivity contribution in [1.29, 1.82) is 0 Å². The second-order valence-corrected chi connectivity index (χ2v) is 2.65. The highest BCUT2D eigenvalue weighted by Crippen LogP contribution is 2.11. The minimum atomic E-state index is -0.819. The molecule has 0 aromatic rings. The van der Waals surface area contributed by atoms with Crippen LogP contribution in [0.5, 0.6) is 0 Å². The Labute approximate surface area is 65.7 Å². The summed E-state index contributed by atoms with van der Waals surface area (Å²) in [5.74, 6) is -2.13. The number of hydrogen-bond acceptors (Lipinski definition) is 3. The quantitative estimate of drug-likeness (QED) is 0.462. The van der Waals surface area contributed by atoms with E-state index in [0.29, 0.717) is 0 Å². The van der Waals surface area contributed by atoms with Gasteiger partial charge in [0.2, 0.25) is 5.91 Å². The van der Waals surface area contributed by atoms with Crippen molar-refractivity contribution in [2.45, 2.75) is 13.8 Å². The van der Waals surface area contributed by atoms with Crippen molar-refractivity contribution in [1.82, 2.24) is 0 Å². The summed E-state index contributed by atoms with van der Waals surface area (Å²) in [5.41, 5.74) is 4.97. The maximum absolute atomic E-state index is 10.9. The lowest BCUT2D eigenvalue weighted by atomic mass is 9.95. The first kappa shape index (κ1) is 9.94. The molecule has 2 N–H and O–H groups in total. The Morgan fingerprint density at radius 2 is 1.82 bits per heavy atom. The standard InChI is InChI=1S/C7H13NO3/c1-4(2)5(6(8)9)7(10)11-3/h4-5H,1-3H3,(H2,8,9)/t5-/m0/s1. The zero-order valence-corrected chi connectivity index (χ0v) is 6.96. The molecular weight excluding hydrogens is 146 g/mol. The molecule has 11 heavy (non-hydrogen) atoms. The molecule has 0 saturated carbocycles. The minimum Gasteiger partial charge on any atom is -0.468 e. The molecule has 0 bridgehead atoms.